The number of nitrogens with two attached hydrogens (primary N) is 1. The molecule has 4 atom stereocenters. The molecular formula is C23H27ClFN5O2. The lowest BCUT2D eigenvalue weighted by Crippen LogP contribution is -2.50. The average molecular weight is 460 g/mol. The number of fused-ring (bicyclic) bond motifs is 1. The van der Waals surface area contributed by atoms with Gasteiger partial charge < -0.3 is 21.7 Å². The summed E-state index contributed by atoms with van der Waals surface area (Å²) in [6, 6.07) is 6.73. The highest BCUT2D eigenvalue weighted by Crippen LogP contribution is 2.36. The summed E-state index contributed by atoms with van der Waals surface area (Å²) in [7, 11) is 0. The number of aromatic nitrogens is 1. The summed E-state index contributed by atoms with van der Waals surface area (Å²) in [5, 5.41) is 9.49. The molecule has 1 aliphatic heterocycles. The van der Waals surface area contributed by atoms with Crippen LogP contribution < -0.4 is 21.7 Å². The van der Waals surface area contributed by atoms with Crippen LogP contribution >= 0.6 is 11.6 Å². The molecule has 2 aliphatic rings. The number of carbonyl (C=O) groups excluding carboxylic acids is 2. The summed E-state index contributed by atoms with van der Waals surface area (Å²) in [5.74, 6) is -0.0920. The van der Waals surface area contributed by atoms with Crippen LogP contribution in [-0.2, 0) is 22.4 Å². The van der Waals surface area contributed by atoms with E-state index in [2.05, 4.69) is 20.9 Å². The van der Waals surface area contributed by atoms with E-state index < -0.39 is 6.04 Å². The van der Waals surface area contributed by atoms with Crippen molar-refractivity contribution in [1.82, 2.24) is 20.9 Å². The molecule has 1 aliphatic carbocycles. The minimum atomic E-state index is -0.690. The molecule has 0 spiro atoms. The van der Waals surface area contributed by atoms with Gasteiger partial charge in [-0.15, -0.1) is 0 Å². The fourth-order valence-corrected chi connectivity index (χ4v) is 4.87. The highest BCUT2D eigenvalue weighted by Gasteiger charge is 2.33. The molecule has 1 aromatic heterocycles. The first-order chi connectivity index (χ1) is 15.3. The van der Waals surface area contributed by atoms with Crippen LogP contribution in [0.15, 0.2) is 30.3 Å². The van der Waals surface area contributed by atoms with Gasteiger partial charge in [0.25, 0.3) is 0 Å². The van der Waals surface area contributed by atoms with Crippen molar-refractivity contribution in [3.63, 3.8) is 0 Å². The van der Waals surface area contributed by atoms with Crippen molar-refractivity contribution >= 4 is 29.2 Å². The van der Waals surface area contributed by atoms with Gasteiger partial charge in [-0.05, 0) is 68.8 Å². The molecule has 170 valence electrons. The second kappa shape index (κ2) is 9.42. The molecule has 5 N–H and O–H groups in total. The smallest absolute Gasteiger partial charge is 0.242 e. The average Bonchev–Trinajstić information content (AvgIpc) is 3.37. The number of rotatable bonds is 6. The van der Waals surface area contributed by atoms with E-state index in [1.165, 1.54) is 12.1 Å². The molecule has 2 aromatic rings. The first kappa shape index (κ1) is 22.5. The first-order valence-corrected chi connectivity index (χ1v) is 11.2. The quantitative estimate of drug-likeness (QED) is 0.530. The molecule has 0 saturated carbocycles. The molecule has 0 radical (unpaired) electrons. The number of carbonyl (C=O) groups is 2. The number of anilines is 1. The maximum Gasteiger partial charge on any atom is 0.242 e. The molecule has 1 unspecified atom stereocenters. The summed E-state index contributed by atoms with van der Waals surface area (Å²) < 4.78 is 13.1. The molecule has 7 nitrogen and oxygen atoms in total. The van der Waals surface area contributed by atoms with E-state index in [0.29, 0.717) is 36.6 Å². The van der Waals surface area contributed by atoms with Crippen LogP contribution in [0.2, 0.25) is 5.02 Å². The molecule has 1 fully saturated rings. The fraction of sp³-hybridized carbons (Fsp3) is 0.435. The largest absolute Gasteiger partial charge is 0.384 e. The Kier molecular flexibility index (Phi) is 6.62. The fourth-order valence-electron chi connectivity index (χ4n) is 4.52. The Hall–Kier alpha value is -2.71. The van der Waals surface area contributed by atoms with Gasteiger partial charge in [-0.1, -0.05) is 23.7 Å². The molecule has 2 heterocycles. The number of amides is 2. The van der Waals surface area contributed by atoms with Gasteiger partial charge in [-0.3, -0.25) is 9.59 Å². The topological polar surface area (TPSA) is 109 Å². The zero-order chi connectivity index (χ0) is 22.8. The summed E-state index contributed by atoms with van der Waals surface area (Å²) in [5.41, 5.74) is 8.39. The van der Waals surface area contributed by atoms with E-state index in [9.17, 15) is 14.0 Å². The number of aryl methyl sites for hydroxylation is 1. The Morgan fingerprint density at radius 3 is 2.84 bits per heavy atom. The van der Waals surface area contributed by atoms with Crippen molar-refractivity contribution < 1.29 is 14.0 Å². The van der Waals surface area contributed by atoms with Crippen LogP contribution in [0.5, 0.6) is 0 Å². The van der Waals surface area contributed by atoms with Crippen molar-refractivity contribution in [2.24, 2.45) is 5.92 Å². The van der Waals surface area contributed by atoms with E-state index in [0.717, 1.165) is 23.2 Å². The number of nitrogens with zero attached hydrogens (tertiary/aromatic N) is 1. The third-order valence-corrected chi connectivity index (χ3v) is 6.48. The van der Waals surface area contributed by atoms with Gasteiger partial charge in [-0.2, -0.15) is 0 Å². The highest BCUT2D eigenvalue weighted by molar-refractivity contribution is 6.31. The van der Waals surface area contributed by atoms with E-state index in [4.69, 9.17) is 17.3 Å². The number of halogens is 2. The SMILES string of the molecule is C[C@H](NC(=O)[C@H]1C[C@H](Cc2ccc(F)cc2)CN1)C(=O)NC1CCc2nc(N)cc(Cl)c21. The molecule has 32 heavy (non-hydrogen) atoms. The van der Waals surface area contributed by atoms with Crippen molar-refractivity contribution in [1.29, 1.82) is 0 Å². The molecule has 0 bridgehead atoms. The highest BCUT2D eigenvalue weighted by atomic mass is 35.5. The third-order valence-electron chi connectivity index (χ3n) is 6.17. The summed E-state index contributed by atoms with van der Waals surface area (Å²) >= 11 is 6.31. The Labute approximate surface area is 191 Å². The van der Waals surface area contributed by atoms with Crippen molar-refractivity contribution in [2.45, 2.75) is 50.7 Å². The Morgan fingerprint density at radius 2 is 2.09 bits per heavy atom. The van der Waals surface area contributed by atoms with Crippen LogP contribution in [0, 0.1) is 11.7 Å². The zero-order valence-corrected chi connectivity index (χ0v) is 18.6. The van der Waals surface area contributed by atoms with E-state index in [-0.39, 0.29) is 35.6 Å². The van der Waals surface area contributed by atoms with Crippen molar-refractivity contribution in [3.05, 3.63) is 58.0 Å². The normalized spacial score (nSPS) is 22.9. The lowest BCUT2D eigenvalue weighted by Gasteiger charge is -2.21. The van der Waals surface area contributed by atoms with Gasteiger partial charge in [-0.25, -0.2) is 9.37 Å². The van der Waals surface area contributed by atoms with Gasteiger partial charge in [0.05, 0.1) is 17.1 Å². The lowest BCUT2D eigenvalue weighted by atomic mass is 9.96. The molecule has 4 rings (SSSR count). The van der Waals surface area contributed by atoms with Crippen molar-refractivity contribution in [3.8, 4) is 0 Å². The van der Waals surface area contributed by atoms with E-state index in [1.54, 1.807) is 25.1 Å². The number of pyridine rings is 1. The number of hydrogen-bond acceptors (Lipinski definition) is 5. The Bertz CT molecular complexity index is 1020. The predicted octanol–water partition coefficient (Wildman–Crippen LogP) is 2.29. The number of nitrogen functional groups attached to an aromatic ring is 1. The summed E-state index contributed by atoms with van der Waals surface area (Å²) in [4.78, 5) is 29.7. The number of benzene rings is 1. The number of hydrogen-bond donors (Lipinski definition) is 4. The van der Waals surface area contributed by atoms with Crippen molar-refractivity contribution in [2.75, 3.05) is 12.3 Å². The van der Waals surface area contributed by atoms with Crippen LogP contribution in [0.25, 0.3) is 0 Å². The summed E-state index contributed by atoms with van der Waals surface area (Å²) in [6.45, 7) is 2.36. The molecule has 1 saturated heterocycles. The number of nitrogens with one attached hydrogen (secondary N) is 3. The van der Waals surface area contributed by atoms with Crippen LogP contribution in [0.4, 0.5) is 10.2 Å². The maximum absolute atomic E-state index is 13.1. The summed E-state index contributed by atoms with van der Waals surface area (Å²) in [6.07, 6.45) is 2.81. The van der Waals surface area contributed by atoms with E-state index in [1.807, 2.05) is 0 Å². The second-order valence-electron chi connectivity index (χ2n) is 8.61. The molecule has 1 aromatic carbocycles. The Balaban J connectivity index is 1.28. The van der Waals surface area contributed by atoms with Gasteiger partial charge >= 0.3 is 0 Å². The Morgan fingerprint density at radius 1 is 1.34 bits per heavy atom. The first-order valence-electron chi connectivity index (χ1n) is 10.8. The van der Waals surface area contributed by atoms with Crippen LogP contribution in [0.1, 0.15) is 42.6 Å². The standard InChI is InChI=1S/C23H27ClFN5O2/c1-12(22(31)30-18-7-6-17-21(18)16(24)10-20(26)29-17)28-23(32)19-9-14(11-27-19)8-13-2-4-15(25)5-3-13/h2-5,10,12,14,18-19,27H,6-9,11H2,1H3,(H2,26,29)(H,28,32)(H,30,31)/t12-,14-,18?,19+/m0/s1. The predicted molar refractivity (Wildman–Crippen MR) is 120 cm³/mol. The molecule has 9 heteroatoms. The maximum atomic E-state index is 13.1. The molecule has 2 amide bonds. The molecular weight excluding hydrogens is 433 g/mol. The third kappa shape index (κ3) is 5.02. The second-order valence-corrected chi connectivity index (χ2v) is 9.02. The van der Waals surface area contributed by atoms with E-state index >= 15 is 0 Å². The monoisotopic (exact) mass is 459 g/mol. The van der Waals surface area contributed by atoms with Gasteiger partial charge in [0.2, 0.25) is 11.8 Å². The van der Waals surface area contributed by atoms with Gasteiger partial charge in [0.1, 0.15) is 17.7 Å². The minimum Gasteiger partial charge on any atom is -0.384 e. The van der Waals surface area contributed by atoms with Gasteiger partial charge in [0, 0.05) is 11.3 Å². The zero-order valence-electron chi connectivity index (χ0n) is 17.8. The lowest BCUT2D eigenvalue weighted by molar-refractivity contribution is -0.129. The van der Waals surface area contributed by atoms with Gasteiger partial charge in [0.15, 0.2) is 0 Å². The minimum absolute atomic E-state index is 0.200. The van der Waals surface area contributed by atoms with Crippen LogP contribution in [-0.4, -0.2) is 35.4 Å². The van der Waals surface area contributed by atoms with Crippen LogP contribution in [0.3, 0.4) is 0 Å².